The minimum atomic E-state index is 0.372. The topological polar surface area (TPSA) is 24.9 Å². The molecule has 0 fully saturated rings. The Morgan fingerprint density at radius 1 is 1.28 bits per heavy atom. The van der Waals surface area contributed by atoms with Gasteiger partial charge >= 0.3 is 0 Å². The van der Waals surface area contributed by atoms with Crippen molar-refractivity contribution in [3.8, 4) is 0 Å². The van der Waals surface area contributed by atoms with Gasteiger partial charge in [0.15, 0.2) is 0 Å². The molecular formula is C15H20N2S. The molecule has 96 valence electrons. The molecule has 0 saturated heterocycles. The van der Waals surface area contributed by atoms with E-state index in [-0.39, 0.29) is 0 Å². The van der Waals surface area contributed by atoms with E-state index in [1.807, 2.05) is 11.6 Å². The lowest BCUT2D eigenvalue weighted by Gasteiger charge is -2.18. The minimum Gasteiger partial charge on any atom is -0.310 e. The summed E-state index contributed by atoms with van der Waals surface area (Å²) in [5.74, 6) is 0. The molecule has 0 saturated carbocycles. The fourth-order valence-electron chi connectivity index (χ4n) is 1.95. The molecule has 0 bridgehead atoms. The summed E-state index contributed by atoms with van der Waals surface area (Å²) in [6.07, 6.45) is 4.01. The van der Waals surface area contributed by atoms with Crippen molar-refractivity contribution in [3.05, 3.63) is 52.0 Å². The van der Waals surface area contributed by atoms with Crippen LogP contribution in [0.3, 0.4) is 0 Å². The Balaban J connectivity index is 2.11. The number of rotatable bonds is 6. The molecule has 0 spiro atoms. The summed E-state index contributed by atoms with van der Waals surface area (Å²) in [7, 11) is 0. The van der Waals surface area contributed by atoms with E-state index in [4.69, 9.17) is 0 Å². The fraction of sp³-hybridized carbons (Fsp3) is 0.400. The van der Waals surface area contributed by atoms with Crippen LogP contribution in [0.2, 0.25) is 0 Å². The molecule has 0 aliphatic heterocycles. The maximum atomic E-state index is 4.39. The number of nitrogens with zero attached hydrogens (tertiary/aromatic N) is 1. The summed E-state index contributed by atoms with van der Waals surface area (Å²) in [6, 6.07) is 9.17. The standard InChI is InChI=1S/C15H20N2S/c1-3-8-16-14(11-15-17-9-10-18-15)13-6-4-12(2)5-7-13/h4-7,9-10,14,16H,3,8,11H2,1-2H3. The second-order valence-electron chi connectivity index (χ2n) is 4.55. The summed E-state index contributed by atoms with van der Waals surface area (Å²) in [5, 5.41) is 6.85. The van der Waals surface area contributed by atoms with E-state index in [0.29, 0.717) is 6.04 Å². The summed E-state index contributed by atoms with van der Waals surface area (Å²) in [5.41, 5.74) is 2.66. The molecule has 2 rings (SSSR count). The number of nitrogens with one attached hydrogen (secondary N) is 1. The average Bonchev–Trinajstić information content (AvgIpc) is 2.88. The monoisotopic (exact) mass is 260 g/mol. The third-order valence-corrected chi connectivity index (χ3v) is 3.78. The lowest BCUT2D eigenvalue weighted by atomic mass is 10.0. The van der Waals surface area contributed by atoms with Crippen LogP contribution in [-0.4, -0.2) is 11.5 Å². The molecule has 1 aromatic carbocycles. The van der Waals surface area contributed by atoms with Gasteiger partial charge in [0, 0.05) is 24.0 Å². The third-order valence-electron chi connectivity index (χ3n) is 2.98. The molecule has 0 aliphatic carbocycles. The van der Waals surface area contributed by atoms with E-state index in [0.717, 1.165) is 19.4 Å². The quantitative estimate of drug-likeness (QED) is 0.856. The zero-order valence-corrected chi connectivity index (χ0v) is 11.8. The largest absolute Gasteiger partial charge is 0.310 e. The number of aromatic nitrogens is 1. The second kappa shape index (κ2) is 6.66. The van der Waals surface area contributed by atoms with Gasteiger partial charge in [-0.3, -0.25) is 0 Å². The van der Waals surface area contributed by atoms with Crippen LogP contribution in [0.4, 0.5) is 0 Å². The van der Waals surface area contributed by atoms with Gasteiger partial charge in [-0.1, -0.05) is 36.8 Å². The Morgan fingerprint density at radius 2 is 2.06 bits per heavy atom. The lowest BCUT2D eigenvalue weighted by Crippen LogP contribution is -2.24. The van der Waals surface area contributed by atoms with Crippen LogP contribution < -0.4 is 5.32 Å². The van der Waals surface area contributed by atoms with Gasteiger partial charge in [-0.2, -0.15) is 0 Å². The molecule has 1 N–H and O–H groups in total. The van der Waals surface area contributed by atoms with Gasteiger partial charge in [0.05, 0.1) is 5.01 Å². The highest BCUT2D eigenvalue weighted by Gasteiger charge is 2.12. The van der Waals surface area contributed by atoms with Crippen LogP contribution in [0.5, 0.6) is 0 Å². The maximum Gasteiger partial charge on any atom is 0.0943 e. The predicted molar refractivity (Wildman–Crippen MR) is 78.0 cm³/mol. The van der Waals surface area contributed by atoms with E-state index >= 15 is 0 Å². The van der Waals surface area contributed by atoms with Crippen molar-refractivity contribution in [2.45, 2.75) is 32.7 Å². The van der Waals surface area contributed by atoms with Crippen LogP contribution in [0.15, 0.2) is 35.8 Å². The third kappa shape index (κ3) is 3.65. The number of hydrogen-bond acceptors (Lipinski definition) is 3. The van der Waals surface area contributed by atoms with E-state index in [9.17, 15) is 0 Å². The highest BCUT2D eigenvalue weighted by molar-refractivity contribution is 7.09. The van der Waals surface area contributed by atoms with Crippen LogP contribution in [0, 0.1) is 6.92 Å². The van der Waals surface area contributed by atoms with Crippen molar-refractivity contribution in [2.75, 3.05) is 6.54 Å². The van der Waals surface area contributed by atoms with Crippen molar-refractivity contribution < 1.29 is 0 Å². The molecule has 1 atom stereocenters. The van der Waals surface area contributed by atoms with Crippen molar-refractivity contribution in [1.29, 1.82) is 0 Å². The second-order valence-corrected chi connectivity index (χ2v) is 5.53. The molecule has 1 unspecified atom stereocenters. The highest BCUT2D eigenvalue weighted by Crippen LogP contribution is 2.20. The van der Waals surface area contributed by atoms with Crippen LogP contribution in [-0.2, 0) is 6.42 Å². The van der Waals surface area contributed by atoms with Crippen LogP contribution >= 0.6 is 11.3 Å². The van der Waals surface area contributed by atoms with E-state index in [2.05, 4.69) is 48.4 Å². The van der Waals surface area contributed by atoms with Gasteiger partial charge in [-0.05, 0) is 25.5 Å². The predicted octanol–water partition coefficient (Wildman–Crippen LogP) is 3.73. The molecular weight excluding hydrogens is 240 g/mol. The van der Waals surface area contributed by atoms with Gasteiger partial charge in [0.1, 0.15) is 0 Å². The first-order valence-electron chi connectivity index (χ1n) is 6.48. The summed E-state index contributed by atoms with van der Waals surface area (Å²) >= 11 is 1.73. The molecule has 0 radical (unpaired) electrons. The molecule has 3 heteroatoms. The normalized spacial score (nSPS) is 12.6. The van der Waals surface area contributed by atoms with Crippen molar-refractivity contribution in [1.82, 2.24) is 10.3 Å². The van der Waals surface area contributed by atoms with Crippen molar-refractivity contribution >= 4 is 11.3 Å². The number of aryl methyl sites for hydroxylation is 1. The Hall–Kier alpha value is -1.19. The van der Waals surface area contributed by atoms with E-state index in [1.165, 1.54) is 16.1 Å². The first-order valence-corrected chi connectivity index (χ1v) is 7.36. The number of hydrogen-bond donors (Lipinski definition) is 1. The van der Waals surface area contributed by atoms with Crippen molar-refractivity contribution in [2.24, 2.45) is 0 Å². The Labute approximate surface area is 113 Å². The SMILES string of the molecule is CCCNC(Cc1nccs1)c1ccc(C)cc1. The Bertz CT molecular complexity index is 448. The highest BCUT2D eigenvalue weighted by atomic mass is 32.1. The van der Waals surface area contributed by atoms with Crippen molar-refractivity contribution in [3.63, 3.8) is 0 Å². The lowest BCUT2D eigenvalue weighted by molar-refractivity contribution is 0.528. The molecule has 2 aromatic rings. The van der Waals surface area contributed by atoms with Gasteiger partial charge in [0.25, 0.3) is 0 Å². The summed E-state index contributed by atoms with van der Waals surface area (Å²) in [6.45, 7) is 5.37. The molecule has 1 aromatic heterocycles. The summed E-state index contributed by atoms with van der Waals surface area (Å²) < 4.78 is 0. The van der Waals surface area contributed by atoms with Gasteiger partial charge in [-0.25, -0.2) is 4.98 Å². The minimum absolute atomic E-state index is 0.372. The smallest absolute Gasteiger partial charge is 0.0943 e. The van der Waals surface area contributed by atoms with Gasteiger partial charge in [0.2, 0.25) is 0 Å². The average molecular weight is 260 g/mol. The molecule has 2 nitrogen and oxygen atoms in total. The molecule has 0 amide bonds. The van der Waals surface area contributed by atoms with Gasteiger partial charge in [-0.15, -0.1) is 11.3 Å². The Kier molecular flexibility index (Phi) is 4.90. The summed E-state index contributed by atoms with van der Waals surface area (Å²) in [4.78, 5) is 4.39. The number of benzene rings is 1. The molecule has 0 aliphatic rings. The van der Waals surface area contributed by atoms with Crippen LogP contribution in [0.25, 0.3) is 0 Å². The first-order chi connectivity index (χ1) is 8.79. The van der Waals surface area contributed by atoms with Crippen LogP contribution in [0.1, 0.15) is 35.5 Å². The molecule has 1 heterocycles. The number of thiazole rings is 1. The Morgan fingerprint density at radius 3 is 2.67 bits per heavy atom. The first kappa shape index (κ1) is 13.2. The van der Waals surface area contributed by atoms with E-state index in [1.54, 1.807) is 11.3 Å². The fourth-order valence-corrected chi connectivity index (χ4v) is 2.62. The zero-order valence-electron chi connectivity index (χ0n) is 11.0. The van der Waals surface area contributed by atoms with Gasteiger partial charge < -0.3 is 5.32 Å². The van der Waals surface area contributed by atoms with E-state index < -0.39 is 0 Å². The maximum absolute atomic E-state index is 4.39. The molecule has 18 heavy (non-hydrogen) atoms. The zero-order chi connectivity index (χ0) is 12.8.